The Bertz CT molecular complexity index is 1320. The van der Waals surface area contributed by atoms with Gasteiger partial charge >= 0.3 is 0 Å². The lowest BCUT2D eigenvalue weighted by molar-refractivity contribution is 0.0951. The van der Waals surface area contributed by atoms with Crippen LogP contribution in [0.4, 0.5) is 10.9 Å². The number of ether oxygens (including phenoxy) is 2. The summed E-state index contributed by atoms with van der Waals surface area (Å²) in [7, 11) is 1.88. The van der Waals surface area contributed by atoms with E-state index in [1.54, 1.807) is 10.9 Å². The quantitative estimate of drug-likeness (QED) is 0.432. The number of aryl methyl sites for hydroxylation is 1. The minimum absolute atomic E-state index is 0.0445. The Morgan fingerprint density at radius 3 is 2.97 bits per heavy atom. The fourth-order valence-corrected chi connectivity index (χ4v) is 4.56. The second-order valence-electron chi connectivity index (χ2n) is 8.32. The molecule has 6 rings (SSSR count). The number of anilines is 2. The van der Waals surface area contributed by atoms with E-state index in [2.05, 4.69) is 15.7 Å². The molecule has 0 unspecified atom stereocenters. The van der Waals surface area contributed by atoms with Crippen LogP contribution < -0.4 is 15.4 Å². The molecule has 11 heteroatoms. The number of nitrogens with one attached hydrogen (secondary N) is 2. The number of rotatable bonds is 7. The lowest BCUT2D eigenvalue weighted by Crippen LogP contribution is -2.24. The zero-order valence-corrected chi connectivity index (χ0v) is 18.8. The van der Waals surface area contributed by atoms with Crippen LogP contribution in [-0.4, -0.2) is 55.6 Å². The predicted octanol–water partition coefficient (Wildman–Crippen LogP) is 3.02. The molecule has 1 saturated heterocycles. The van der Waals surface area contributed by atoms with Crippen molar-refractivity contribution in [3.8, 4) is 11.6 Å². The fourth-order valence-electron chi connectivity index (χ4n) is 3.79. The molecule has 0 spiro atoms. The maximum absolute atomic E-state index is 12.3. The van der Waals surface area contributed by atoms with Crippen LogP contribution in [0.2, 0.25) is 0 Å². The van der Waals surface area contributed by atoms with Gasteiger partial charge in [0.1, 0.15) is 11.6 Å². The minimum Gasteiger partial charge on any atom is -0.470 e. The van der Waals surface area contributed by atoms with Crippen molar-refractivity contribution in [1.29, 1.82) is 0 Å². The van der Waals surface area contributed by atoms with Crippen LogP contribution in [0.15, 0.2) is 36.1 Å². The van der Waals surface area contributed by atoms with Crippen molar-refractivity contribution in [2.75, 3.05) is 18.5 Å². The summed E-state index contributed by atoms with van der Waals surface area (Å²) in [6.07, 6.45) is 8.51. The van der Waals surface area contributed by atoms with Crippen LogP contribution in [-0.2, 0) is 11.8 Å². The van der Waals surface area contributed by atoms with Gasteiger partial charge in [0.05, 0.1) is 41.2 Å². The van der Waals surface area contributed by atoms with Crippen LogP contribution in [0.3, 0.4) is 0 Å². The third kappa shape index (κ3) is 4.16. The first-order valence-electron chi connectivity index (χ1n) is 10.9. The van der Waals surface area contributed by atoms with E-state index in [0.717, 1.165) is 41.0 Å². The van der Waals surface area contributed by atoms with Crippen molar-refractivity contribution in [2.24, 2.45) is 7.05 Å². The van der Waals surface area contributed by atoms with E-state index in [1.807, 2.05) is 41.5 Å². The first kappa shape index (κ1) is 20.2. The van der Waals surface area contributed by atoms with Gasteiger partial charge in [0.25, 0.3) is 5.91 Å². The van der Waals surface area contributed by atoms with Crippen molar-refractivity contribution in [3.05, 3.63) is 41.7 Å². The van der Waals surface area contributed by atoms with Gasteiger partial charge in [0, 0.05) is 37.3 Å². The molecular weight excluding hydrogens is 442 g/mol. The normalized spacial score (nSPS) is 18.0. The summed E-state index contributed by atoms with van der Waals surface area (Å²) in [5.41, 5.74) is 3.05. The number of carbonyl (C=O) groups is 1. The molecule has 170 valence electrons. The topological polar surface area (TPSA) is 108 Å². The molecule has 1 amide bonds. The zero-order chi connectivity index (χ0) is 22.4. The van der Waals surface area contributed by atoms with E-state index >= 15 is 0 Å². The average Bonchev–Trinajstić information content (AvgIpc) is 3.26. The summed E-state index contributed by atoms with van der Waals surface area (Å²) in [6, 6.07) is 4.07. The van der Waals surface area contributed by atoms with Crippen LogP contribution in [0, 0.1) is 0 Å². The highest BCUT2D eigenvalue weighted by Gasteiger charge is 2.25. The van der Waals surface area contributed by atoms with Crippen LogP contribution in [0.25, 0.3) is 16.7 Å². The Kier molecular flexibility index (Phi) is 4.99. The Morgan fingerprint density at radius 2 is 2.21 bits per heavy atom. The third-order valence-electron chi connectivity index (χ3n) is 5.65. The van der Waals surface area contributed by atoms with Crippen LogP contribution in [0.1, 0.15) is 29.6 Å². The van der Waals surface area contributed by atoms with E-state index < -0.39 is 0 Å². The fraction of sp³-hybridized carbons (Fsp3) is 0.364. The van der Waals surface area contributed by atoms with Crippen LogP contribution >= 0.6 is 11.3 Å². The third-order valence-corrected chi connectivity index (χ3v) is 6.49. The number of fused-ring (bicyclic) bond motifs is 1. The summed E-state index contributed by atoms with van der Waals surface area (Å²) in [5.74, 6) is 0.850. The van der Waals surface area contributed by atoms with Crippen molar-refractivity contribution in [3.63, 3.8) is 0 Å². The number of nitrogens with zero attached hydrogens (tertiary/aromatic N) is 5. The monoisotopic (exact) mass is 465 g/mol. The Hall–Kier alpha value is -3.44. The van der Waals surface area contributed by atoms with Crippen molar-refractivity contribution in [1.82, 2.24) is 29.6 Å². The average molecular weight is 466 g/mol. The van der Waals surface area contributed by atoms with E-state index in [4.69, 9.17) is 19.4 Å². The predicted molar refractivity (Wildman–Crippen MR) is 124 cm³/mol. The molecule has 0 bridgehead atoms. The summed E-state index contributed by atoms with van der Waals surface area (Å²) in [5, 5.41) is 13.1. The smallest absolute Gasteiger partial charge is 0.252 e. The lowest BCUT2D eigenvalue weighted by atomic mass is 10.3. The van der Waals surface area contributed by atoms with Gasteiger partial charge in [-0.2, -0.15) is 10.1 Å². The van der Waals surface area contributed by atoms with E-state index in [1.165, 1.54) is 11.3 Å². The molecule has 1 saturated carbocycles. The molecule has 1 atom stereocenters. The molecule has 4 aromatic rings. The molecule has 0 aromatic carbocycles. The molecule has 33 heavy (non-hydrogen) atoms. The maximum atomic E-state index is 12.3. The molecule has 4 aromatic heterocycles. The molecule has 2 N–H and O–H groups in total. The zero-order valence-electron chi connectivity index (χ0n) is 18.0. The highest BCUT2D eigenvalue weighted by molar-refractivity contribution is 7.14. The van der Waals surface area contributed by atoms with Gasteiger partial charge in [0.2, 0.25) is 11.8 Å². The van der Waals surface area contributed by atoms with Gasteiger partial charge in [0.15, 0.2) is 0 Å². The number of hydrogen-bond acceptors (Lipinski definition) is 8. The van der Waals surface area contributed by atoms with Gasteiger partial charge < -0.3 is 24.7 Å². The summed E-state index contributed by atoms with van der Waals surface area (Å²) in [6.45, 7) is 1.21. The van der Waals surface area contributed by atoms with Gasteiger partial charge in [-0.3, -0.25) is 9.48 Å². The molecule has 1 aliphatic carbocycles. The summed E-state index contributed by atoms with van der Waals surface area (Å²) in [4.78, 5) is 21.7. The van der Waals surface area contributed by atoms with Crippen molar-refractivity contribution >= 4 is 39.2 Å². The first-order chi connectivity index (χ1) is 16.1. The Labute approximate surface area is 193 Å². The molecule has 1 aliphatic heterocycles. The minimum atomic E-state index is -0.0624. The van der Waals surface area contributed by atoms with E-state index in [-0.39, 0.29) is 12.0 Å². The lowest BCUT2D eigenvalue weighted by Gasteiger charge is -2.14. The number of thiophene rings is 1. The van der Waals surface area contributed by atoms with Gasteiger partial charge in [-0.1, -0.05) is 0 Å². The second kappa shape index (κ2) is 8.16. The number of carbonyl (C=O) groups excluding carboxylic acids is 1. The van der Waals surface area contributed by atoms with Gasteiger partial charge in [-0.15, -0.1) is 11.3 Å². The maximum Gasteiger partial charge on any atom is 0.252 e. The molecule has 2 aliphatic rings. The molecule has 5 heterocycles. The standard InChI is InChI=1S/C22H23N7O3S/c1-28-10-15(9-23-28)29-6-4-17-19(29)21(32-16-5-7-31-11-16)27-22(25-17)26-18-8-13(12-33-18)20(30)24-14-2-3-14/h4,6,8-10,12,14,16H,2-3,5,7,11H2,1H3,(H,24,30)(H,25,26,27)/t16-/m0/s1. The van der Waals surface area contributed by atoms with Crippen molar-refractivity contribution < 1.29 is 14.3 Å². The van der Waals surface area contributed by atoms with Gasteiger partial charge in [-0.05, 0) is 25.0 Å². The SMILES string of the molecule is Cn1cc(-n2ccc3nc(Nc4cc(C(=O)NC5CC5)cs4)nc(O[C@H]4CCOC4)c32)cn1. The van der Waals surface area contributed by atoms with Crippen LogP contribution in [0.5, 0.6) is 5.88 Å². The molecular formula is C22H23N7O3S. The number of amides is 1. The number of aromatic nitrogens is 5. The van der Waals surface area contributed by atoms with E-state index in [0.29, 0.717) is 36.6 Å². The molecule has 0 radical (unpaired) electrons. The molecule has 10 nitrogen and oxygen atoms in total. The highest BCUT2D eigenvalue weighted by Crippen LogP contribution is 2.32. The largest absolute Gasteiger partial charge is 0.470 e. The first-order valence-corrected chi connectivity index (χ1v) is 11.8. The molecule has 2 fully saturated rings. The Balaban J connectivity index is 1.33. The summed E-state index contributed by atoms with van der Waals surface area (Å²) >= 11 is 1.44. The number of hydrogen-bond donors (Lipinski definition) is 2. The second-order valence-corrected chi connectivity index (χ2v) is 9.23. The van der Waals surface area contributed by atoms with Crippen molar-refractivity contribution in [2.45, 2.75) is 31.4 Å². The van der Waals surface area contributed by atoms with Gasteiger partial charge in [-0.25, -0.2) is 4.98 Å². The Morgan fingerprint density at radius 1 is 1.30 bits per heavy atom. The summed E-state index contributed by atoms with van der Waals surface area (Å²) < 4.78 is 15.5. The highest BCUT2D eigenvalue weighted by atomic mass is 32.1. The van der Waals surface area contributed by atoms with E-state index in [9.17, 15) is 4.79 Å².